The zero-order chi connectivity index (χ0) is 16.0. The van der Waals surface area contributed by atoms with Crippen LogP contribution in [0.4, 0.5) is 16.2 Å². The molecule has 7 heteroatoms. The maximum atomic E-state index is 11.9. The average molecular weight is 294 g/mol. The molecule has 0 fully saturated rings. The van der Waals surface area contributed by atoms with Crippen LogP contribution in [-0.2, 0) is 4.74 Å². The molecule has 1 aromatic carbocycles. The van der Waals surface area contributed by atoms with Crippen molar-refractivity contribution < 1.29 is 14.3 Å². The van der Waals surface area contributed by atoms with Gasteiger partial charge in [0.2, 0.25) is 0 Å². The van der Waals surface area contributed by atoms with Gasteiger partial charge in [-0.05, 0) is 39.0 Å². The first-order valence-electron chi connectivity index (χ1n) is 6.59. The topological polar surface area (TPSA) is 119 Å². The normalized spacial score (nSPS) is 10.8. The largest absolute Gasteiger partial charge is 0.444 e. The molecule has 1 rings (SSSR count). The highest BCUT2D eigenvalue weighted by Gasteiger charge is 2.15. The van der Waals surface area contributed by atoms with Crippen molar-refractivity contribution in [2.24, 2.45) is 0 Å². The number of anilines is 2. The third-order valence-electron chi connectivity index (χ3n) is 2.40. The van der Waals surface area contributed by atoms with Gasteiger partial charge in [0.15, 0.2) is 0 Å². The predicted octanol–water partition coefficient (Wildman–Crippen LogP) is 1.11. The Balaban J connectivity index is 2.36. The summed E-state index contributed by atoms with van der Waals surface area (Å²) in [7, 11) is 0. The van der Waals surface area contributed by atoms with E-state index in [-0.39, 0.29) is 19.0 Å². The number of benzene rings is 1. The molecule has 0 saturated carbocycles. The van der Waals surface area contributed by atoms with Crippen LogP contribution in [0, 0.1) is 0 Å². The fourth-order valence-electron chi connectivity index (χ4n) is 1.54. The van der Waals surface area contributed by atoms with Crippen molar-refractivity contribution in [3.63, 3.8) is 0 Å². The molecule has 21 heavy (non-hydrogen) atoms. The Kier molecular flexibility index (Phi) is 5.40. The smallest absolute Gasteiger partial charge is 0.407 e. The van der Waals surface area contributed by atoms with E-state index in [4.69, 9.17) is 16.2 Å². The molecule has 116 valence electrons. The molecule has 0 saturated heterocycles. The van der Waals surface area contributed by atoms with E-state index in [0.717, 1.165) is 0 Å². The zero-order valence-corrected chi connectivity index (χ0v) is 12.5. The second-order valence-electron chi connectivity index (χ2n) is 5.53. The van der Waals surface area contributed by atoms with Gasteiger partial charge in [-0.1, -0.05) is 0 Å². The molecule has 0 atom stereocenters. The molecule has 0 radical (unpaired) electrons. The predicted molar refractivity (Wildman–Crippen MR) is 81.8 cm³/mol. The number of amides is 2. The highest BCUT2D eigenvalue weighted by atomic mass is 16.6. The van der Waals surface area contributed by atoms with E-state index in [1.807, 2.05) is 0 Å². The van der Waals surface area contributed by atoms with Gasteiger partial charge in [-0.3, -0.25) is 4.79 Å². The van der Waals surface area contributed by atoms with E-state index >= 15 is 0 Å². The Morgan fingerprint density at radius 2 is 1.76 bits per heavy atom. The van der Waals surface area contributed by atoms with Crippen molar-refractivity contribution >= 4 is 23.4 Å². The number of carbonyl (C=O) groups excluding carboxylic acids is 2. The van der Waals surface area contributed by atoms with Crippen molar-refractivity contribution in [2.45, 2.75) is 26.4 Å². The van der Waals surface area contributed by atoms with E-state index in [9.17, 15) is 9.59 Å². The molecule has 1 aromatic rings. The number of nitrogens with two attached hydrogens (primary N) is 2. The number of ether oxygens (including phenoxy) is 1. The second-order valence-corrected chi connectivity index (χ2v) is 5.53. The Bertz CT molecular complexity index is 523. The zero-order valence-electron chi connectivity index (χ0n) is 12.5. The molecule has 0 spiro atoms. The minimum Gasteiger partial charge on any atom is -0.444 e. The lowest BCUT2D eigenvalue weighted by atomic mass is 10.1. The van der Waals surface area contributed by atoms with Crippen molar-refractivity contribution in [3.05, 3.63) is 23.8 Å². The number of nitrogen functional groups attached to an aromatic ring is 2. The van der Waals surface area contributed by atoms with E-state index in [1.54, 1.807) is 32.9 Å². The summed E-state index contributed by atoms with van der Waals surface area (Å²) in [5.74, 6) is -0.321. The maximum Gasteiger partial charge on any atom is 0.407 e. The molecule has 0 aliphatic rings. The van der Waals surface area contributed by atoms with Gasteiger partial charge in [0, 0.05) is 24.5 Å². The standard InChI is InChI=1S/C14H22N4O3/c1-14(2,3)21-13(20)18-7-6-17-12(19)10-5-4-9(15)8-11(10)16/h4-5,8H,6-7,15-16H2,1-3H3,(H,17,19)(H,18,20). The van der Waals surface area contributed by atoms with Crippen LogP contribution < -0.4 is 22.1 Å². The van der Waals surface area contributed by atoms with Gasteiger partial charge in [0.25, 0.3) is 5.91 Å². The summed E-state index contributed by atoms with van der Waals surface area (Å²) < 4.78 is 5.07. The number of hydrogen-bond acceptors (Lipinski definition) is 5. The Hall–Kier alpha value is -2.44. The SMILES string of the molecule is CC(C)(C)OC(=O)NCCNC(=O)c1ccc(N)cc1N. The molecular formula is C14H22N4O3. The second kappa shape index (κ2) is 6.83. The van der Waals surface area contributed by atoms with Gasteiger partial charge < -0.3 is 26.8 Å². The third kappa shape index (κ3) is 6.03. The molecule has 0 bridgehead atoms. The number of nitrogens with one attached hydrogen (secondary N) is 2. The van der Waals surface area contributed by atoms with Gasteiger partial charge in [-0.2, -0.15) is 0 Å². The molecule has 0 heterocycles. The summed E-state index contributed by atoms with van der Waals surface area (Å²) in [6.45, 7) is 5.85. The lowest BCUT2D eigenvalue weighted by molar-refractivity contribution is 0.0526. The first kappa shape index (κ1) is 16.6. The fraction of sp³-hybridized carbons (Fsp3) is 0.429. The summed E-state index contributed by atoms with van der Waals surface area (Å²) in [6.07, 6.45) is -0.524. The maximum absolute atomic E-state index is 11.9. The van der Waals surface area contributed by atoms with Crippen LogP contribution in [0.25, 0.3) is 0 Å². The lowest BCUT2D eigenvalue weighted by Crippen LogP contribution is -2.38. The molecule has 0 aliphatic heterocycles. The monoisotopic (exact) mass is 294 g/mol. The first-order chi connectivity index (χ1) is 9.69. The van der Waals surface area contributed by atoms with Gasteiger partial charge in [-0.15, -0.1) is 0 Å². The van der Waals surface area contributed by atoms with Crippen LogP contribution in [0.15, 0.2) is 18.2 Å². The Morgan fingerprint density at radius 3 is 2.33 bits per heavy atom. The highest BCUT2D eigenvalue weighted by molar-refractivity contribution is 5.99. The first-order valence-corrected chi connectivity index (χ1v) is 6.59. The minimum atomic E-state index is -0.550. The number of rotatable bonds is 4. The fourth-order valence-corrected chi connectivity index (χ4v) is 1.54. The molecule has 0 unspecified atom stereocenters. The summed E-state index contributed by atoms with van der Waals surface area (Å²) in [5, 5.41) is 5.19. The number of alkyl carbamates (subject to hydrolysis) is 1. The number of hydrogen-bond donors (Lipinski definition) is 4. The van der Waals surface area contributed by atoms with Crippen LogP contribution in [0.3, 0.4) is 0 Å². The Labute approximate surface area is 124 Å². The summed E-state index contributed by atoms with van der Waals surface area (Å²) in [5.41, 5.74) is 11.9. The summed E-state index contributed by atoms with van der Waals surface area (Å²) >= 11 is 0. The van der Waals surface area contributed by atoms with Crippen molar-refractivity contribution in [2.75, 3.05) is 24.6 Å². The van der Waals surface area contributed by atoms with Gasteiger partial charge in [0.05, 0.1) is 5.56 Å². The summed E-state index contributed by atoms with van der Waals surface area (Å²) in [6, 6.07) is 4.68. The van der Waals surface area contributed by atoms with Crippen LogP contribution in [-0.4, -0.2) is 30.7 Å². The molecular weight excluding hydrogens is 272 g/mol. The van der Waals surface area contributed by atoms with Crippen LogP contribution >= 0.6 is 0 Å². The van der Waals surface area contributed by atoms with Gasteiger partial charge in [0.1, 0.15) is 5.60 Å². The van der Waals surface area contributed by atoms with E-state index in [1.165, 1.54) is 6.07 Å². The molecule has 7 nitrogen and oxygen atoms in total. The van der Waals surface area contributed by atoms with E-state index in [2.05, 4.69) is 10.6 Å². The highest BCUT2D eigenvalue weighted by Crippen LogP contribution is 2.15. The Morgan fingerprint density at radius 1 is 1.14 bits per heavy atom. The van der Waals surface area contributed by atoms with Crippen LogP contribution in [0.2, 0.25) is 0 Å². The number of carbonyl (C=O) groups is 2. The summed E-state index contributed by atoms with van der Waals surface area (Å²) in [4.78, 5) is 23.3. The van der Waals surface area contributed by atoms with Crippen molar-refractivity contribution in [3.8, 4) is 0 Å². The van der Waals surface area contributed by atoms with E-state index < -0.39 is 11.7 Å². The van der Waals surface area contributed by atoms with Crippen LogP contribution in [0.5, 0.6) is 0 Å². The van der Waals surface area contributed by atoms with Gasteiger partial charge >= 0.3 is 6.09 Å². The molecule has 2 amide bonds. The van der Waals surface area contributed by atoms with Gasteiger partial charge in [-0.25, -0.2) is 4.79 Å². The minimum absolute atomic E-state index is 0.259. The quantitative estimate of drug-likeness (QED) is 0.490. The molecule has 6 N–H and O–H groups in total. The molecule has 0 aliphatic carbocycles. The average Bonchev–Trinajstić information content (AvgIpc) is 2.32. The van der Waals surface area contributed by atoms with Crippen LogP contribution in [0.1, 0.15) is 31.1 Å². The third-order valence-corrected chi connectivity index (χ3v) is 2.40. The lowest BCUT2D eigenvalue weighted by Gasteiger charge is -2.19. The van der Waals surface area contributed by atoms with E-state index in [0.29, 0.717) is 16.9 Å². The van der Waals surface area contributed by atoms with Crippen molar-refractivity contribution in [1.82, 2.24) is 10.6 Å². The van der Waals surface area contributed by atoms with Crippen molar-refractivity contribution in [1.29, 1.82) is 0 Å². The molecule has 0 aromatic heterocycles.